The van der Waals surface area contributed by atoms with E-state index in [0.717, 1.165) is 43.1 Å². The van der Waals surface area contributed by atoms with E-state index < -0.39 is 0 Å². The summed E-state index contributed by atoms with van der Waals surface area (Å²) in [7, 11) is 3.41. The molecule has 0 saturated carbocycles. The highest BCUT2D eigenvalue weighted by Crippen LogP contribution is 2.37. The lowest BCUT2D eigenvalue weighted by molar-refractivity contribution is 0.216. The fourth-order valence-electron chi connectivity index (χ4n) is 4.42. The highest BCUT2D eigenvalue weighted by molar-refractivity contribution is 5.47. The standard InChI is InChI=1S/C25H30N2O2/c1-18-11-12-20(16-19(18)2)24-22-9-6-13-26(22)14-7-15-27(24)17-21-8-5-10-23(28-3)25(21)29-4/h5-6,8-13,16,24H,7,14-15,17H2,1-4H3. The molecule has 1 aromatic heterocycles. The number of benzene rings is 2. The average molecular weight is 391 g/mol. The van der Waals surface area contributed by atoms with Crippen LogP contribution in [0.5, 0.6) is 11.5 Å². The van der Waals surface area contributed by atoms with Crippen LogP contribution in [0.25, 0.3) is 0 Å². The number of hydrogen-bond donors (Lipinski definition) is 0. The SMILES string of the molecule is COc1cccc(CN2CCCn3cccc3C2c2ccc(C)c(C)c2)c1OC. The van der Waals surface area contributed by atoms with Gasteiger partial charge < -0.3 is 14.0 Å². The van der Waals surface area contributed by atoms with Crippen molar-refractivity contribution in [3.05, 3.63) is 82.7 Å². The van der Waals surface area contributed by atoms with E-state index in [1.54, 1.807) is 14.2 Å². The third-order valence-electron chi connectivity index (χ3n) is 6.06. The second-order valence-electron chi connectivity index (χ2n) is 7.85. The van der Waals surface area contributed by atoms with Gasteiger partial charge in [0.1, 0.15) is 0 Å². The average Bonchev–Trinajstić information content (AvgIpc) is 3.11. The van der Waals surface area contributed by atoms with E-state index in [9.17, 15) is 0 Å². The van der Waals surface area contributed by atoms with E-state index in [-0.39, 0.29) is 6.04 Å². The van der Waals surface area contributed by atoms with Crippen LogP contribution in [0.3, 0.4) is 0 Å². The first-order valence-electron chi connectivity index (χ1n) is 10.3. The highest BCUT2D eigenvalue weighted by Gasteiger charge is 2.28. The van der Waals surface area contributed by atoms with Gasteiger partial charge in [0.05, 0.1) is 20.3 Å². The molecule has 0 N–H and O–H groups in total. The molecule has 0 fully saturated rings. The summed E-state index contributed by atoms with van der Waals surface area (Å²) in [4.78, 5) is 2.57. The van der Waals surface area contributed by atoms with Crippen molar-refractivity contribution in [3.8, 4) is 11.5 Å². The van der Waals surface area contributed by atoms with Crippen molar-refractivity contribution in [2.24, 2.45) is 0 Å². The Labute approximate surface area is 173 Å². The molecule has 4 heteroatoms. The number of hydrogen-bond acceptors (Lipinski definition) is 3. The van der Waals surface area contributed by atoms with Gasteiger partial charge in [0.15, 0.2) is 11.5 Å². The predicted molar refractivity (Wildman–Crippen MR) is 117 cm³/mol. The molecule has 2 heterocycles. The number of methoxy groups -OCH3 is 2. The first-order chi connectivity index (χ1) is 14.1. The van der Waals surface area contributed by atoms with E-state index in [1.165, 1.54) is 22.4 Å². The van der Waals surface area contributed by atoms with Gasteiger partial charge in [0.2, 0.25) is 0 Å². The van der Waals surface area contributed by atoms with E-state index in [4.69, 9.17) is 9.47 Å². The molecule has 1 aliphatic rings. The number of nitrogens with zero attached hydrogens (tertiary/aromatic N) is 2. The Morgan fingerprint density at radius 1 is 0.931 bits per heavy atom. The summed E-state index contributed by atoms with van der Waals surface area (Å²) in [5.41, 5.74) is 6.52. The van der Waals surface area contributed by atoms with E-state index >= 15 is 0 Å². The van der Waals surface area contributed by atoms with Crippen LogP contribution < -0.4 is 9.47 Å². The van der Waals surface area contributed by atoms with Crippen LogP contribution >= 0.6 is 0 Å². The molecule has 0 aliphatic carbocycles. The molecule has 0 saturated heterocycles. The fourth-order valence-corrected chi connectivity index (χ4v) is 4.42. The van der Waals surface area contributed by atoms with Gasteiger partial charge in [-0.25, -0.2) is 0 Å². The van der Waals surface area contributed by atoms with E-state index in [2.05, 4.69) is 65.9 Å². The molecule has 0 spiro atoms. The number of rotatable bonds is 5. The first kappa shape index (κ1) is 19.6. The number of aryl methyl sites for hydroxylation is 3. The van der Waals surface area contributed by atoms with E-state index in [1.807, 2.05) is 12.1 Å². The minimum absolute atomic E-state index is 0.211. The summed E-state index contributed by atoms with van der Waals surface area (Å²) in [6.07, 6.45) is 3.33. The predicted octanol–water partition coefficient (Wildman–Crippen LogP) is 5.12. The van der Waals surface area contributed by atoms with Gasteiger partial charge in [-0.05, 0) is 55.2 Å². The van der Waals surface area contributed by atoms with Crippen LogP contribution in [-0.4, -0.2) is 30.2 Å². The molecule has 1 aliphatic heterocycles. The Morgan fingerprint density at radius 2 is 1.79 bits per heavy atom. The minimum atomic E-state index is 0.211. The van der Waals surface area contributed by atoms with Crippen molar-refractivity contribution < 1.29 is 9.47 Å². The molecule has 3 aromatic rings. The number of para-hydroxylation sites is 1. The second kappa shape index (κ2) is 8.34. The number of fused-ring (bicyclic) bond motifs is 1. The number of aromatic nitrogens is 1. The summed E-state index contributed by atoms with van der Waals surface area (Å²) < 4.78 is 13.6. The number of ether oxygens (including phenoxy) is 2. The summed E-state index contributed by atoms with van der Waals surface area (Å²) in [6, 6.07) is 17.7. The maximum Gasteiger partial charge on any atom is 0.165 e. The van der Waals surface area contributed by atoms with Crippen LogP contribution in [0.2, 0.25) is 0 Å². The minimum Gasteiger partial charge on any atom is -0.493 e. The van der Waals surface area contributed by atoms with Crippen molar-refractivity contribution in [2.75, 3.05) is 20.8 Å². The van der Waals surface area contributed by atoms with Gasteiger partial charge in [-0.2, -0.15) is 0 Å². The van der Waals surface area contributed by atoms with Crippen molar-refractivity contribution in [1.82, 2.24) is 9.47 Å². The topological polar surface area (TPSA) is 26.6 Å². The zero-order valence-electron chi connectivity index (χ0n) is 17.8. The summed E-state index contributed by atoms with van der Waals surface area (Å²) in [5.74, 6) is 1.61. The van der Waals surface area contributed by atoms with Crippen molar-refractivity contribution in [2.45, 2.75) is 39.4 Å². The zero-order valence-corrected chi connectivity index (χ0v) is 17.8. The first-order valence-corrected chi connectivity index (χ1v) is 10.3. The van der Waals surface area contributed by atoms with Crippen LogP contribution in [0, 0.1) is 13.8 Å². The quantitative estimate of drug-likeness (QED) is 0.605. The molecule has 0 radical (unpaired) electrons. The van der Waals surface area contributed by atoms with Gasteiger partial charge >= 0.3 is 0 Å². The molecule has 0 amide bonds. The Hall–Kier alpha value is -2.72. The van der Waals surface area contributed by atoms with Crippen molar-refractivity contribution in [1.29, 1.82) is 0 Å². The molecule has 0 bridgehead atoms. The van der Waals surface area contributed by atoms with Gasteiger partial charge in [0.25, 0.3) is 0 Å². The molecule has 1 unspecified atom stereocenters. The van der Waals surface area contributed by atoms with Crippen molar-refractivity contribution >= 4 is 0 Å². The lowest BCUT2D eigenvalue weighted by Crippen LogP contribution is -2.29. The maximum atomic E-state index is 5.71. The van der Waals surface area contributed by atoms with Gasteiger partial charge in [0, 0.05) is 37.1 Å². The normalized spacial score (nSPS) is 16.9. The smallest absolute Gasteiger partial charge is 0.165 e. The third-order valence-corrected chi connectivity index (χ3v) is 6.06. The van der Waals surface area contributed by atoms with Gasteiger partial charge in [-0.15, -0.1) is 0 Å². The lowest BCUT2D eigenvalue weighted by atomic mass is 9.97. The molecule has 2 aromatic carbocycles. The molecular formula is C25H30N2O2. The Bertz CT molecular complexity index is 992. The van der Waals surface area contributed by atoms with Gasteiger partial charge in [-0.3, -0.25) is 4.90 Å². The fraction of sp³-hybridized carbons (Fsp3) is 0.360. The van der Waals surface area contributed by atoms with Gasteiger partial charge in [-0.1, -0.05) is 30.3 Å². The Kier molecular flexibility index (Phi) is 5.63. The lowest BCUT2D eigenvalue weighted by Gasteiger charge is -2.31. The molecule has 1 atom stereocenters. The zero-order chi connectivity index (χ0) is 20.4. The molecule has 29 heavy (non-hydrogen) atoms. The van der Waals surface area contributed by atoms with Crippen LogP contribution in [0.15, 0.2) is 54.7 Å². The van der Waals surface area contributed by atoms with Crippen molar-refractivity contribution in [3.63, 3.8) is 0 Å². The Balaban J connectivity index is 1.77. The Morgan fingerprint density at radius 3 is 2.55 bits per heavy atom. The summed E-state index contributed by atoms with van der Waals surface area (Å²) in [5, 5.41) is 0. The summed E-state index contributed by atoms with van der Waals surface area (Å²) in [6.45, 7) is 7.26. The largest absolute Gasteiger partial charge is 0.493 e. The summed E-state index contributed by atoms with van der Waals surface area (Å²) >= 11 is 0. The highest BCUT2D eigenvalue weighted by atomic mass is 16.5. The van der Waals surface area contributed by atoms with E-state index in [0.29, 0.717) is 0 Å². The monoisotopic (exact) mass is 390 g/mol. The second-order valence-corrected chi connectivity index (χ2v) is 7.85. The third kappa shape index (κ3) is 3.77. The molecule has 152 valence electrons. The molecular weight excluding hydrogens is 360 g/mol. The maximum absolute atomic E-state index is 5.71. The van der Waals surface area contributed by atoms with Crippen LogP contribution in [0.1, 0.15) is 40.4 Å². The molecule has 4 rings (SSSR count). The van der Waals surface area contributed by atoms with Crippen LogP contribution in [0.4, 0.5) is 0 Å². The molecule has 4 nitrogen and oxygen atoms in total. The van der Waals surface area contributed by atoms with Crippen LogP contribution in [-0.2, 0) is 13.1 Å².